The van der Waals surface area contributed by atoms with Crippen LogP contribution in [0.15, 0.2) is 176 Å². The van der Waals surface area contributed by atoms with Crippen LogP contribution in [0, 0.1) is 0 Å². The first-order chi connectivity index (χ1) is 48.0. The van der Waals surface area contributed by atoms with Gasteiger partial charge < -0.3 is 27.9 Å². The Kier molecular flexibility index (Phi) is 18.9. The van der Waals surface area contributed by atoms with E-state index in [1.54, 1.807) is 0 Å². The molecule has 13 rings (SSSR count). The Hall–Kier alpha value is -7.28. The van der Waals surface area contributed by atoms with Crippen molar-refractivity contribution in [3.05, 3.63) is 215 Å². The Balaban J connectivity index is 1.02. The van der Waals surface area contributed by atoms with Crippen molar-refractivity contribution in [1.29, 1.82) is 0 Å². The minimum absolute atomic E-state index is 0.0575. The zero-order valence-corrected chi connectivity index (χ0v) is 66.1. The van der Waals surface area contributed by atoms with Gasteiger partial charge in [-0.3, -0.25) is 15.0 Å². The van der Waals surface area contributed by atoms with Crippen molar-refractivity contribution in [2.75, 3.05) is 0 Å². The fourth-order valence-corrected chi connectivity index (χ4v) is 15.5. The number of rotatable bonds is 12. The lowest BCUT2D eigenvalue weighted by atomic mass is 9.64. The molecule has 4 fully saturated rings. The van der Waals surface area contributed by atoms with Crippen LogP contribution in [0.4, 0.5) is 0 Å². The first kappa shape index (κ1) is 74.0. The van der Waals surface area contributed by atoms with Crippen LogP contribution in [0.2, 0.25) is 0 Å². The second-order valence-electron chi connectivity index (χ2n) is 37.2. The molecule has 9 aromatic rings. The van der Waals surface area contributed by atoms with Crippen molar-refractivity contribution >= 4 is 37.7 Å². The highest BCUT2D eigenvalue weighted by Gasteiger charge is 2.55. The fraction of sp³-hybridized carbons (Fsp3) is 0.440. The molecule has 4 aliphatic rings. The highest BCUT2D eigenvalue weighted by Crippen LogP contribution is 2.54. The number of hydrogen-bond acceptors (Lipinski definition) is 9. The van der Waals surface area contributed by atoms with Crippen molar-refractivity contribution < 1.29 is 27.9 Å². The minimum atomic E-state index is -0.659. The predicted molar refractivity (Wildman–Crippen MR) is 429 cm³/mol. The highest BCUT2D eigenvalue weighted by atomic mass is 16.7. The number of nitrogens with zero attached hydrogens (tertiary/aromatic N) is 3. The SMILES string of the molecule is CC(C)(C)c1ccnc(-c2ccc(-c3ccccc3C3CC(c4ccccc4-c4ccc(-c5cc(C(C)(C)C)ccn5)cc4B4OC(C)(C)C(C)(C)O4)CC(c4ccc(C(C)(C)C)cc4-c4ccc(-c5cc(C(C)(C)C)ccn5)cc4B4OC(C)(C)C(C)(C)O4)C3)c(B3OC(C)(C)C(C)(C)O3)c2)c1. The Morgan fingerprint density at radius 2 is 0.544 bits per heavy atom. The molecule has 1 saturated carbocycles. The summed E-state index contributed by atoms with van der Waals surface area (Å²) in [6.45, 7) is 53.1. The number of benzene rings is 6. The summed E-state index contributed by atoms with van der Waals surface area (Å²) in [5.41, 5.74) is 20.5. The van der Waals surface area contributed by atoms with Crippen LogP contribution in [0.3, 0.4) is 0 Å². The minimum Gasteiger partial charge on any atom is -0.399 e. The van der Waals surface area contributed by atoms with Crippen LogP contribution in [0.5, 0.6) is 0 Å². The van der Waals surface area contributed by atoms with Gasteiger partial charge in [-0.1, -0.05) is 204 Å². The number of pyridine rings is 3. The Morgan fingerprint density at radius 1 is 0.282 bits per heavy atom. The Morgan fingerprint density at radius 3 is 0.835 bits per heavy atom. The molecular weight excluding hydrogens is 1260 g/mol. The lowest BCUT2D eigenvalue weighted by Crippen LogP contribution is -2.41. The largest absolute Gasteiger partial charge is 0.495 e. The summed E-state index contributed by atoms with van der Waals surface area (Å²) >= 11 is 0. The first-order valence-corrected chi connectivity index (χ1v) is 37.7. The van der Waals surface area contributed by atoms with Gasteiger partial charge in [0.05, 0.1) is 50.7 Å². The van der Waals surface area contributed by atoms with Crippen molar-refractivity contribution in [1.82, 2.24) is 15.0 Å². The zero-order valence-electron chi connectivity index (χ0n) is 66.1. The summed E-state index contributed by atoms with van der Waals surface area (Å²) < 4.78 is 42.8. The van der Waals surface area contributed by atoms with Gasteiger partial charge in [0.1, 0.15) is 0 Å². The van der Waals surface area contributed by atoms with Gasteiger partial charge in [0.2, 0.25) is 0 Å². The summed E-state index contributed by atoms with van der Waals surface area (Å²) in [4.78, 5) is 15.1. The van der Waals surface area contributed by atoms with Gasteiger partial charge in [-0.15, -0.1) is 0 Å². The third-order valence-electron chi connectivity index (χ3n) is 24.2. The van der Waals surface area contributed by atoms with Crippen LogP contribution < -0.4 is 16.4 Å². The van der Waals surface area contributed by atoms with E-state index in [1.165, 1.54) is 55.6 Å². The molecule has 12 heteroatoms. The molecule has 6 aromatic carbocycles. The summed E-state index contributed by atoms with van der Waals surface area (Å²) in [7, 11) is -1.95. The second-order valence-corrected chi connectivity index (χ2v) is 37.2. The molecule has 2 atom stereocenters. The van der Waals surface area contributed by atoms with Gasteiger partial charge in [0.15, 0.2) is 0 Å². The molecule has 3 saturated heterocycles. The third kappa shape index (κ3) is 14.4. The fourth-order valence-electron chi connectivity index (χ4n) is 15.5. The van der Waals surface area contributed by atoms with Gasteiger partial charge in [0, 0.05) is 18.6 Å². The Labute approximate surface area is 617 Å². The molecule has 534 valence electrons. The quantitative estimate of drug-likeness (QED) is 0.111. The maximum Gasteiger partial charge on any atom is 0.495 e. The first-order valence-electron chi connectivity index (χ1n) is 37.7. The van der Waals surface area contributed by atoms with Gasteiger partial charge in [-0.2, -0.15) is 0 Å². The Bertz CT molecular complexity index is 4450. The monoisotopic (exact) mass is 1370 g/mol. The van der Waals surface area contributed by atoms with Crippen LogP contribution in [0.1, 0.15) is 242 Å². The molecule has 1 aliphatic carbocycles. The second kappa shape index (κ2) is 26.3. The molecule has 0 radical (unpaired) electrons. The van der Waals surface area contributed by atoms with Crippen molar-refractivity contribution in [3.63, 3.8) is 0 Å². The normalized spacial score (nSPS) is 20.8. The van der Waals surface area contributed by atoms with E-state index >= 15 is 0 Å². The van der Waals surface area contributed by atoms with E-state index in [2.05, 4.69) is 324 Å². The lowest BCUT2D eigenvalue weighted by Gasteiger charge is -2.39. The van der Waals surface area contributed by atoms with E-state index in [1.807, 2.05) is 18.6 Å². The zero-order chi connectivity index (χ0) is 74.2. The topological polar surface area (TPSA) is 94.1 Å². The van der Waals surface area contributed by atoms with E-state index in [0.717, 1.165) is 86.1 Å². The van der Waals surface area contributed by atoms with Crippen LogP contribution in [-0.4, -0.2) is 69.9 Å². The van der Waals surface area contributed by atoms with Gasteiger partial charge in [-0.25, -0.2) is 0 Å². The molecule has 0 N–H and O–H groups in total. The molecular formula is C91H110B3N3O6. The maximum atomic E-state index is 7.18. The van der Waals surface area contributed by atoms with Crippen molar-refractivity contribution in [2.45, 2.75) is 258 Å². The lowest BCUT2D eigenvalue weighted by molar-refractivity contribution is 0.00578. The number of aromatic nitrogens is 3. The molecule has 103 heavy (non-hydrogen) atoms. The molecule has 2 unspecified atom stereocenters. The van der Waals surface area contributed by atoms with Crippen LogP contribution in [-0.2, 0) is 49.6 Å². The molecule has 0 amide bonds. The van der Waals surface area contributed by atoms with Crippen molar-refractivity contribution in [3.8, 4) is 67.2 Å². The number of hydrogen-bond donors (Lipinski definition) is 0. The average molecular weight is 1370 g/mol. The van der Waals surface area contributed by atoms with E-state index < -0.39 is 55.0 Å². The van der Waals surface area contributed by atoms with E-state index in [-0.39, 0.29) is 39.4 Å². The summed E-state index contributed by atoms with van der Waals surface area (Å²) in [5.74, 6) is 0.190. The smallest absolute Gasteiger partial charge is 0.399 e. The maximum absolute atomic E-state index is 7.18. The molecule has 6 heterocycles. The van der Waals surface area contributed by atoms with E-state index in [0.29, 0.717) is 0 Å². The average Bonchev–Trinajstić information content (AvgIpc) is 1.74. The molecule has 0 bridgehead atoms. The summed E-state index contributed by atoms with van der Waals surface area (Å²) in [6, 6.07) is 59.5. The third-order valence-corrected chi connectivity index (χ3v) is 24.2. The predicted octanol–water partition coefficient (Wildman–Crippen LogP) is 20.8. The molecule has 0 spiro atoms. The molecule has 9 nitrogen and oxygen atoms in total. The van der Waals surface area contributed by atoms with Gasteiger partial charge in [-0.05, 0) is 284 Å². The van der Waals surface area contributed by atoms with Crippen molar-refractivity contribution in [2.24, 2.45) is 0 Å². The van der Waals surface area contributed by atoms with E-state index in [9.17, 15) is 0 Å². The summed E-state index contributed by atoms with van der Waals surface area (Å²) in [5, 5.41) is 0. The van der Waals surface area contributed by atoms with Crippen LogP contribution in [0.25, 0.3) is 67.2 Å². The standard InChI is InChI=1S/C91H110B3N3O6/c1-82(2,3)63-36-40-69(75(53-63)74-39-35-59(81-56-66(43-46-97-81)85(10,11)12)52-78(74)94-102-90(21,22)91(23,24)103-94)62-48-60(67-29-25-27-31-70(67)72-37-33-57(79-54-64(41-44-95-79)83(4,5)6)50-76(72)92-98-86(13,14)87(15,16)99-92)47-61(49-62)68-30-26-28-32-71(68)73-38-34-58(80-55-65(42-45-96-80)84(7,8)9)51-77(73)93-100-88(17,18)89(19,20)101-93/h25-46,50-56,60-62H,47-49H2,1-24H3. The van der Waals surface area contributed by atoms with Gasteiger partial charge in [0.25, 0.3) is 0 Å². The summed E-state index contributed by atoms with van der Waals surface area (Å²) in [6.07, 6.45) is 8.49. The van der Waals surface area contributed by atoms with Gasteiger partial charge >= 0.3 is 21.4 Å². The van der Waals surface area contributed by atoms with E-state index in [4.69, 9.17) is 42.9 Å². The molecule has 3 aromatic heterocycles. The van der Waals surface area contributed by atoms with Crippen LogP contribution >= 0.6 is 0 Å². The highest BCUT2D eigenvalue weighted by molar-refractivity contribution is 6.65. The molecule has 3 aliphatic heterocycles.